The number of methoxy groups -OCH3 is 1. The fourth-order valence-electron chi connectivity index (χ4n) is 1.54. The van der Waals surface area contributed by atoms with Crippen molar-refractivity contribution in [2.45, 2.75) is 6.42 Å². The summed E-state index contributed by atoms with van der Waals surface area (Å²) in [6, 6.07) is 6.07. The summed E-state index contributed by atoms with van der Waals surface area (Å²) in [4.78, 5) is 33.1. The van der Waals surface area contributed by atoms with Crippen molar-refractivity contribution in [2.75, 3.05) is 20.2 Å². The number of carboxylic acid groups (broad SMARTS) is 1. The van der Waals surface area contributed by atoms with Gasteiger partial charge in [0.25, 0.3) is 0 Å². The molecule has 0 atom stereocenters. The molecule has 0 heterocycles. The zero-order valence-corrected chi connectivity index (χ0v) is 11.0. The maximum absolute atomic E-state index is 11.3. The van der Waals surface area contributed by atoms with E-state index in [0.717, 1.165) is 0 Å². The van der Waals surface area contributed by atoms with Crippen molar-refractivity contribution >= 4 is 18.0 Å². The minimum atomic E-state index is -1.00. The van der Waals surface area contributed by atoms with Crippen molar-refractivity contribution in [3.05, 3.63) is 35.4 Å². The van der Waals surface area contributed by atoms with Gasteiger partial charge < -0.3 is 20.5 Å². The summed E-state index contributed by atoms with van der Waals surface area (Å²) >= 11 is 0. The highest BCUT2D eigenvalue weighted by Crippen LogP contribution is 2.08. The van der Waals surface area contributed by atoms with Crippen molar-refractivity contribution < 1.29 is 24.2 Å². The molecule has 0 unspecified atom stereocenters. The summed E-state index contributed by atoms with van der Waals surface area (Å²) < 4.78 is 4.37. The lowest BCUT2D eigenvalue weighted by molar-refractivity contribution is -0.139. The van der Waals surface area contributed by atoms with Crippen molar-refractivity contribution in [3.8, 4) is 0 Å². The van der Waals surface area contributed by atoms with Gasteiger partial charge in [-0.3, -0.25) is 4.79 Å². The zero-order chi connectivity index (χ0) is 15.0. The Hall–Kier alpha value is -2.57. The standard InChI is InChI=1S/C13H16N2O5/c1-20-11(16)8-15-13(19)14-7-6-9-4-2-3-5-10(9)12(17)18/h2-5H,6-8H2,1H3,(H,17,18)(H2,14,15,19). The number of carbonyl (C=O) groups is 3. The highest BCUT2D eigenvalue weighted by molar-refractivity contribution is 5.89. The molecule has 2 amide bonds. The first-order chi connectivity index (χ1) is 9.54. The first-order valence-corrected chi connectivity index (χ1v) is 5.94. The largest absolute Gasteiger partial charge is 0.478 e. The molecule has 3 N–H and O–H groups in total. The Morgan fingerprint density at radius 1 is 1.20 bits per heavy atom. The van der Waals surface area contributed by atoms with Crippen LogP contribution in [0.2, 0.25) is 0 Å². The topological polar surface area (TPSA) is 105 Å². The Balaban J connectivity index is 2.39. The van der Waals surface area contributed by atoms with Crippen molar-refractivity contribution in [3.63, 3.8) is 0 Å². The van der Waals surface area contributed by atoms with Gasteiger partial charge in [0.15, 0.2) is 0 Å². The van der Waals surface area contributed by atoms with Crippen LogP contribution in [-0.2, 0) is 16.0 Å². The molecule has 7 heteroatoms. The van der Waals surface area contributed by atoms with Gasteiger partial charge in [-0.15, -0.1) is 0 Å². The van der Waals surface area contributed by atoms with E-state index in [-0.39, 0.29) is 18.7 Å². The number of carboxylic acids is 1. The summed E-state index contributed by atoms with van der Waals surface area (Å²) in [5.74, 6) is -1.55. The van der Waals surface area contributed by atoms with E-state index in [0.29, 0.717) is 12.0 Å². The minimum absolute atomic E-state index is 0.212. The van der Waals surface area contributed by atoms with Gasteiger partial charge in [0.2, 0.25) is 0 Å². The lowest BCUT2D eigenvalue weighted by atomic mass is 10.0. The summed E-state index contributed by atoms with van der Waals surface area (Å²) in [5.41, 5.74) is 0.845. The quantitative estimate of drug-likeness (QED) is 0.654. The third-order valence-corrected chi connectivity index (χ3v) is 2.55. The minimum Gasteiger partial charge on any atom is -0.478 e. The molecule has 0 fully saturated rings. The Kier molecular flexibility index (Phi) is 6.02. The monoisotopic (exact) mass is 280 g/mol. The van der Waals surface area contributed by atoms with Crippen molar-refractivity contribution in [1.82, 2.24) is 10.6 Å². The van der Waals surface area contributed by atoms with Gasteiger partial charge in [-0.05, 0) is 18.1 Å². The molecular weight excluding hydrogens is 264 g/mol. The van der Waals surface area contributed by atoms with Crippen LogP contribution in [0.25, 0.3) is 0 Å². The average Bonchev–Trinajstić information content (AvgIpc) is 2.45. The predicted octanol–water partition coefficient (Wildman–Crippen LogP) is 0.399. The van der Waals surface area contributed by atoms with Crippen molar-refractivity contribution in [1.29, 1.82) is 0 Å². The number of hydrogen-bond donors (Lipinski definition) is 3. The SMILES string of the molecule is COC(=O)CNC(=O)NCCc1ccccc1C(=O)O. The summed E-state index contributed by atoms with van der Waals surface area (Å²) in [6.07, 6.45) is 0.383. The van der Waals surface area contributed by atoms with Crippen LogP contribution in [0.1, 0.15) is 15.9 Å². The third kappa shape index (κ3) is 4.97. The molecule has 0 bridgehead atoms. The van der Waals surface area contributed by atoms with Crippen molar-refractivity contribution in [2.24, 2.45) is 0 Å². The second-order valence-corrected chi connectivity index (χ2v) is 3.90. The Morgan fingerprint density at radius 2 is 1.90 bits per heavy atom. The van der Waals surface area contributed by atoms with Gasteiger partial charge >= 0.3 is 18.0 Å². The summed E-state index contributed by atoms with van der Waals surface area (Å²) in [6.45, 7) is 0.0470. The van der Waals surface area contributed by atoms with Gasteiger partial charge in [-0.1, -0.05) is 18.2 Å². The molecule has 0 aliphatic carbocycles. The highest BCUT2D eigenvalue weighted by atomic mass is 16.5. The number of rotatable bonds is 6. The number of esters is 1. The molecule has 1 rings (SSSR count). The molecule has 1 aromatic rings. The van der Waals surface area contributed by atoms with Crippen LogP contribution < -0.4 is 10.6 Å². The number of amides is 2. The average molecular weight is 280 g/mol. The van der Waals surface area contributed by atoms with E-state index in [1.165, 1.54) is 13.2 Å². The Bertz CT molecular complexity index is 501. The molecule has 0 saturated carbocycles. The molecule has 0 radical (unpaired) electrons. The first-order valence-electron chi connectivity index (χ1n) is 5.94. The molecular formula is C13H16N2O5. The van der Waals surface area contributed by atoms with Gasteiger partial charge in [-0.2, -0.15) is 0 Å². The fraction of sp³-hybridized carbons (Fsp3) is 0.308. The van der Waals surface area contributed by atoms with Gasteiger partial charge in [0.05, 0.1) is 12.7 Å². The van der Waals surface area contributed by atoms with Crippen LogP contribution in [0.4, 0.5) is 4.79 Å². The second kappa shape index (κ2) is 7.78. The van der Waals surface area contributed by atoms with Gasteiger partial charge in [0, 0.05) is 6.54 Å². The highest BCUT2D eigenvalue weighted by Gasteiger charge is 2.09. The normalized spacial score (nSPS) is 9.65. The molecule has 108 valence electrons. The maximum Gasteiger partial charge on any atom is 0.335 e. The number of nitrogens with one attached hydrogen (secondary N) is 2. The van der Waals surface area contributed by atoms with Crippen LogP contribution in [-0.4, -0.2) is 43.3 Å². The number of urea groups is 1. The van der Waals surface area contributed by atoms with E-state index in [2.05, 4.69) is 15.4 Å². The van der Waals surface area contributed by atoms with E-state index in [1.54, 1.807) is 18.2 Å². The number of ether oxygens (including phenoxy) is 1. The van der Waals surface area contributed by atoms with E-state index in [9.17, 15) is 14.4 Å². The summed E-state index contributed by atoms with van der Waals surface area (Å²) in [5, 5.41) is 13.8. The lowest BCUT2D eigenvalue weighted by Crippen LogP contribution is -2.39. The van der Waals surface area contributed by atoms with Gasteiger partial charge in [0.1, 0.15) is 6.54 Å². The molecule has 0 aliphatic heterocycles. The van der Waals surface area contributed by atoms with Crippen LogP contribution in [0.15, 0.2) is 24.3 Å². The predicted molar refractivity (Wildman–Crippen MR) is 70.5 cm³/mol. The zero-order valence-electron chi connectivity index (χ0n) is 11.0. The Labute approximate surface area is 115 Å². The molecule has 0 aromatic heterocycles. The van der Waals surface area contributed by atoms with Crippen LogP contribution in [0, 0.1) is 0 Å². The lowest BCUT2D eigenvalue weighted by Gasteiger charge is -2.08. The number of hydrogen-bond acceptors (Lipinski definition) is 4. The van der Waals surface area contributed by atoms with Crippen LogP contribution >= 0.6 is 0 Å². The van der Waals surface area contributed by atoms with Crippen LogP contribution in [0.5, 0.6) is 0 Å². The molecule has 1 aromatic carbocycles. The molecule has 0 spiro atoms. The van der Waals surface area contributed by atoms with E-state index < -0.39 is 18.0 Å². The number of aromatic carboxylic acids is 1. The smallest absolute Gasteiger partial charge is 0.335 e. The molecule has 0 aliphatic rings. The first kappa shape index (κ1) is 15.5. The van der Waals surface area contributed by atoms with Crippen LogP contribution in [0.3, 0.4) is 0 Å². The number of benzene rings is 1. The van der Waals surface area contributed by atoms with Gasteiger partial charge in [-0.25, -0.2) is 9.59 Å². The van der Waals surface area contributed by atoms with E-state index in [4.69, 9.17) is 5.11 Å². The maximum atomic E-state index is 11.3. The third-order valence-electron chi connectivity index (χ3n) is 2.55. The fourth-order valence-corrected chi connectivity index (χ4v) is 1.54. The number of carbonyl (C=O) groups excluding carboxylic acids is 2. The Morgan fingerprint density at radius 3 is 2.55 bits per heavy atom. The summed E-state index contributed by atoms with van der Waals surface area (Å²) in [7, 11) is 1.23. The molecule has 7 nitrogen and oxygen atoms in total. The van der Waals surface area contributed by atoms with E-state index >= 15 is 0 Å². The second-order valence-electron chi connectivity index (χ2n) is 3.90. The molecule has 0 saturated heterocycles. The molecule has 20 heavy (non-hydrogen) atoms. The van der Waals surface area contributed by atoms with E-state index in [1.807, 2.05) is 0 Å².